The van der Waals surface area contributed by atoms with Gasteiger partial charge in [0.1, 0.15) is 0 Å². The lowest BCUT2D eigenvalue weighted by Crippen LogP contribution is -2.28. The van der Waals surface area contributed by atoms with Gasteiger partial charge in [-0.3, -0.25) is 0 Å². The van der Waals surface area contributed by atoms with Gasteiger partial charge >= 0.3 is 0 Å². The van der Waals surface area contributed by atoms with E-state index in [0.29, 0.717) is 0 Å². The van der Waals surface area contributed by atoms with E-state index in [0.717, 1.165) is 4.68 Å². The highest BCUT2D eigenvalue weighted by Gasteiger charge is 2.22. The highest BCUT2D eigenvalue weighted by atomic mass is 79.9. The SMILES string of the molecule is Cn1nnc(Br)c1S(=O)(=O)NCCN=[N+]=[N-]. The van der Waals surface area contributed by atoms with Crippen molar-refractivity contribution >= 4 is 26.0 Å². The van der Waals surface area contributed by atoms with E-state index < -0.39 is 10.0 Å². The zero-order valence-corrected chi connectivity index (χ0v) is 10.6. The fourth-order valence-corrected chi connectivity index (χ4v) is 3.06. The van der Waals surface area contributed by atoms with Crippen LogP contribution in [0.15, 0.2) is 14.7 Å². The molecule has 0 aliphatic rings. The summed E-state index contributed by atoms with van der Waals surface area (Å²) in [5.41, 5.74) is 8.02. The normalized spacial score (nSPS) is 11.1. The van der Waals surface area contributed by atoms with Crippen LogP contribution in [0.4, 0.5) is 0 Å². The van der Waals surface area contributed by atoms with Crippen LogP contribution < -0.4 is 4.72 Å². The molecule has 16 heavy (non-hydrogen) atoms. The summed E-state index contributed by atoms with van der Waals surface area (Å²) in [7, 11) is -2.24. The van der Waals surface area contributed by atoms with Crippen LogP contribution >= 0.6 is 15.9 Å². The summed E-state index contributed by atoms with van der Waals surface area (Å²) in [6, 6.07) is 0. The average Bonchev–Trinajstić information content (AvgIpc) is 2.54. The van der Waals surface area contributed by atoms with Gasteiger partial charge in [-0.2, -0.15) is 0 Å². The van der Waals surface area contributed by atoms with Gasteiger partial charge in [-0.15, -0.1) is 5.10 Å². The number of sulfonamides is 1. The Bertz CT molecular complexity index is 497. The number of hydrogen-bond donors (Lipinski definition) is 1. The van der Waals surface area contributed by atoms with Gasteiger partial charge < -0.3 is 0 Å². The number of nitrogens with one attached hydrogen (secondary N) is 1. The Morgan fingerprint density at radius 2 is 2.38 bits per heavy atom. The molecule has 0 amide bonds. The van der Waals surface area contributed by atoms with E-state index in [1.807, 2.05) is 0 Å². The van der Waals surface area contributed by atoms with Crippen molar-refractivity contribution in [1.29, 1.82) is 0 Å². The van der Waals surface area contributed by atoms with Crippen molar-refractivity contribution in [3.8, 4) is 0 Å². The first-order valence-corrected chi connectivity index (χ1v) is 6.32. The number of nitrogens with zero attached hydrogens (tertiary/aromatic N) is 6. The Morgan fingerprint density at radius 1 is 1.69 bits per heavy atom. The monoisotopic (exact) mass is 309 g/mol. The molecule has 0 atom stereocenters. The van der Waals surface area contributed by atoms with E-state index in [-0.39, 0.29) is 22.7 Å². The maximum Gasteiger partial charge on any atom is 0.260 e. The molecule has 1 aromatic rings. The highest BCUT2D eigenvalue weighted by Crippen LogP contribution is 2.16. The smallest absolute Gasteiger partial charge is 0.235 e. The molecule has 88 valence electrons. The number of hydrogen-bond acceptors (Lipinski definition) is 5. The Balaban J connectivity index is 2.82. The van der Waals surface area contributed by atoms with Gasteiger partial charge in [0.15, 0.2) is 4.60 Å². The fraction of sp³-hybridized carbons (Fsp3) is 0.600. The first-order chi connectivity index (χ1) is 7.49. The molecule has 0 aliphatic heterocycles. The van der Waals surface area contributed by atoms with Gasteiger partial charge in [0.2, 0.25) is 5.03 Å². The van der Waals surface area contributed by atoms with Crippen molar-refractivity contribution in [3.63, 3.8) is 0 Å². The molecule has 0 fully saturated rings. The number of aryl methyl sites for hydroxylation is 1. The molecule has 0 aliphatic carbocycles. The van der Waals surface area contributed by atoms with Crippen LogP contribution in [0.5, 0.6) is 0 Å². The van der Waals surface area contributed by atoms with E-state index in [2.05, 4.69) is 41.0 Å². The maximum atomic E-state index is 11.7. The number of azide groups is 1. The quantitative estimate of drug-likeness (QED) is 0.360. The molecule has 0 bridgehead atoms. The predicted octanol–water partition coefficient (Wildman–Crippen LogP) is 0.166. The van der Waals surface area contributed by atoms with Crippen LogP contribution in [-0.2, 0) is 17.1 Å². The summed E-state index contributed by atoms with van der Waals surface area (Å²) in [6.07, 6.45) is 0. The molecular weight excluding hydrogens is 302 g/mol. The van der Waals surface area contributed by atoms with E-state index in [1.54, 1.807) is 0 Å². The highest BCUT2D eigenvalue weighted by molar-refractivity contribution is 9.10. The zero-order chi connectivity index (χ0) is 12.2. The molecule has 9 nitrogen and oxygen atoms in total. The molecule has 0 saturated carbocycles. The topological polar surface area (TPSA) is 126 Å². The number of rotatable bonds is 5. The van der Waals surface area contributed by atoms with E-state index >= 15 is 0 Å². The molecule has 0 spiro atoms. The minimum atomic E-state index is -3.70. The summed E-state index contributed by atoms with van der Waals surface area (Å²) in [5, 5.41) is 10.2. The first kappa shape index (κ1) is 12.9. The van der Waals surface area contributed by atoms with Crippen LogP contribution in [0, 0.1) is 0 Å². The Hall–Kier alpha value is -1.16. The van der Waals surface area contributed by atoms with Crippen LogP contribution in [0.1, 0.15) is 0 Å². The Labute approximate surface area is 99.6 Å². The minimum Gasteiger partial charge on any atom is -0.235 e. The molecule has 0 saturated heterocycles. The zero-order valence-electron chi connectivity index (χ0n) is 8.20. The number of aromatic nitrogens is 3. The second-order valence-electron chi connectivity index (χ2n) is 2.66. The molecule has 1 rings (SSSR count). The predicted molar refractivity (Wildman–Crippen MR) is 57.9 cm³/mol. The molecule has 1 aromatic heterocycles. The first-order valence-electron chi connectivity index (χ1n) is 4.04. The van der Waals surface area contributed by atoms with Crippen molar-refractivity contribution in [3.05, 3.63) is 15.0 Å². The largest absolute Gasteiger partial charge is 0.260 e. The lowest BCUT2D eigenvalue weighted by Gasteiger charge is -2.04. The minimum absolute atomic E-state index is 0.0179. The van der Waals surface area contributed by atoms with Crippen LogP contribution in [-0.4, -0.2) is 36.5 Å². The lowest BCUT2D eigenvalue weighted by atomic mass is 10.7. The van der Waals surface area contributed by atoms with E-state index in [4.69, 9.17) is 5.53 Å². The second-order valence-corrected chi connectivity index (χ2v) is 5.09. The molecule has 0 radical (unpaired) electrons. The van der Waals surface area contributed by atoms with Gasteiger partial charge in [0, 0.05) is 25.0 Å². The molecule has 11 heteroatoms. The molecule has 1 N–H and O–H groups in total. The summed E-state index contributed by atoms with van der Waals surface area (Å²) in [6.45, 7) is 0.0582. The standard InChI is InChI=1S/C5H8BrN7O2S/c1-13-5(4(6)10-12-13)16(14,15)9-3-2-8-11-7/h9H,2-3H2,1H3. The van der Waals surface area contributed by atoms with Crippen molar-refractivity contribution in [2.75, 3.05) is 13.1 Å². The van der Waals surface area contributed by atoms with Crippen molar-refractivity contribution in [2.45, 2.75) is 5.03 Å². The van der Waals surface area contributed by atoms with Gasteiger partial charge in [-0.1, -0.05) is 10.3 Å². The fourth-order valence-electron chi connectivity index (χ4n) is 0.951. The maximum absolute atomic E-state index is 11.7. The Morgan fingerprint density at radius 3 is 2.88 bits per heavy atom. The van der Waals surface area contributed by atoms with E-state index in [9.17, 15) is 8.42 Å². The molecule has 0 aromatic carbocycles. The third kappa shape index (κ3) is 2.92. The van der Waals surface area contributed by atoms with Crippen molar-refractivity contribution in [2.24, 2.45) is 12.2 Å². The van der Waals surface area contributed by atoms with Gasteiger partial charge in [-0.05, 0) is 21.5 Å². The summed E-state index contributed by atoms with van der Waals surface area (Å²) in [4.78, 5) is 2.50. The third-order valence-corrected chi connectivity index (χ3v) is 3.91. The van der Waals surface area contributed by atoms with Gasteiger partial charge in [0.25, 0.3) is 10.0 Å². The molecular formula is C5H8BrN7O2S. The van der Waals surface area contributed by atoms with Crippen molar-refractivity contribution in [1.82, 2.24) is 19.7 Å². The lowest BCUT2D eigenvalue weighted by molar-refractivity contribution is 0.561. The third-order valence-electron chi connectivity index (χ3n) is 1.56. The summed E-state index contributed by atoms with van der Waals surface area (Å²) < 4.78 is 27.0. The van der Waals surface area contributed by atoms with Crippen molar-refractivity contribution < 1.29 is 8.42 Å². The number of halogens is 1. The Kier molecular flexibility index (Phi) is 4.24. The summed E-state index contributed by atoms with van der Waals surface area (Å²) in [5.74, 6) is 0. The molecule has 1 heterocycles. The average molecular weight is 310 g/mol. The van der Waals surface area contributed by atoms with Gasteiger partial charge in [-0.25, -0.2) is 17.8 Å². The molecule has 0 unspecified atom stereocenters. The van der Waals surface area contributed by atoms with E-state index in [1.165, 1.54) is 7.05 Å². The van der Waals surface area contributed by atoms with Crippen LogP contribution in [0.3, 0.4) is 0 Å². The second kappa shape index (κ2) is 5.25. The summed E-state index contributed by atoms with van der Waals surface area (Å²) >= 11 is 2.98. The van der Waals surface area contributed by atoms with Gasteiger partial charge in [0.05, 0.1) is 0 Å². The van der Waals surface area contributed by atoms with Crippen LogP contribution in [0.25, 0.3) is 10.4 Å². The van der Waals surface area contributed by atoms with Crippen LogP contribution in [0.2, 0.25) is 0 Å².